The molecule has 0 aromatic rings. The second kappa shape index (κ2) is 72.5. The minimum atomic E-state index is -1.98. The Kier molecular flexibility index (Phi) is 67.8. The van der Waals surface area contributed by atoms with Gasteiger partial charge in [-0.1, -0.05) is 424 Å². The van der Waals surface area contributed by atoms with E-state index in [-0.39, 0.29) is 18.9 Å². The predicted octanol–water partition coefficient (Wildman–Crippen LogP) is 18.6. The summed E-state index contributed by atoms with van der Waals surface area (Å²) in [5, 5.41) is 121. The van der Waals surface area contributed by atoms with Gasteiger partial charge in [0.2, 0.25) is 5.91 Å². The molecular formula is C92H177NO18. The van der Waals surface area contributed by atoms with Crippen molar-refractivity contribution in [2.24, 2.45) is 0 Å². The Morgan fingerprint density at radius 2 is 0.559 bits per heavy atom. The number of unbranched alkanes of at least 4 members (excludes halogenated alkanes) is 63. The molecule has 3 aliphatic rings. The molecule has 19 nitrogen and oxygen atoms in total. The van der Waals surface area contributed by atoms with Crippen LogP contribution in [0.2, 0.25) is 0 Å². The van der Waals surface area contributed by atoms with Crippen LogP contribution in [0.1, 0.15) is 438 Å². The minimum absolute atomic E-state index is 0.251. The van der Waals surface area contributed by atoms with Gasteiger partial charge in [-0.05, 0) is 19.3 Å². The smallest absolute Gasteiger partial charge is 0.220 e. The Labute approximate surface area is 677 Å². The molecule has 0 aliphatic carbocycles. The first-order chi connectivity index (χ1) is 54.3. The van der Waals surface area contributed by atoms with Crippen molar-refractivity contribution in [3.05, 3.63) is 12.2 Å². The number of rotatable bonds is 79. The summed E-state index contributed by atoms with van der Waals surface area (Å²) in [4.78, 5) is 13.5. The third kappa shape index (κ3) is 50.9. The molecule has 3 saturated heterocycles. The normalized spacial score (nSPS) is 25.0. The molecule has 0 saturated carbocycles. The first-order valence-corrected chi connectivity index (χ1v) is 47.4. The highest BCUT2D eigenvalue weighted by Gasteiger charge is 2.54. The van der Waals surface area contributed by atoms with Gasteiger partial charge in [0.1, 0.15) is 73.2 Å². The van der Waals surface area contributed by atoms with Gasteiger partial charge >= 0.3 is 0 Å². The highest BCUT2D eigenvalue weighted by Crippen LogP contribution is 2.34. The molecule has 3 aliphatic heterocycles. The summed E-state index contributed by atoms with van der Waals surface area (Å²) < 4.78 is 34.6. The zero-order valence-corrected chi connectivity index (χ0v) is 71.2. The Balaban J connectivity index is 1.31. The predicted molar refractivity (Wildman–Crippen MR) is 448 cm³/mol. The number of nitrogens with one attached hydrogen (secondary N) is 1. The molecule has 3 rings (SSSR count). The van der Waals surface area contributed by atoms with Crippen LogP contribution in [0.15, 0.2) is 12.2 Å². The second-order valence-electron chi connectivity index (χ2n) is 34.2. The number of aliphatic hydroxyl groups excluding tert-OH is 11. The molecule has 3 heterocycles. The van der Waals surface area contributed by atoms with Crippen LogP contribution in [-0.2, 0) is 33.2 Å². The highest BCUT2D eigenvalue weighted by atomic mass is 16.8. The molecule has 17 atom stereocenters. The molecule has 0 aromatic heterocycles. The first-order valence-electron chi connectivity index (χ1n) is 47.4. The lowest BCUT2D eigenvalue weighted by Gasteiger charge is -2.48. The number of hydrogen-bond donors (Lipinski definition) is 12. The van der Waals surface area contributed by atoms with Gasteiger partial charge in [0.15, 0.2) is 18.9 Å². The summed E-state index contributed by atoms with van der Waals surface area (Å²) in [6.07, 6.45) is 63.9. The van der Waals surface area contributed by atoms with Gasteiger partial charge in [-0.3, -0.25) is 4.79 Å². The van der Waals surface area contributed by atoms with Crippen molar-refractivity contribution in [2.75, 3.05) is 26.4 Å². The van der Waals surface area contributed by atoms with Crippen molar-refractivity contribution in [2.45, 2.75) is 542 Å². The van der Waals surface area contributed by atoms with E-state index in [2.05, 4.69) is 19.2 Å². The maximum Gasteiger partial charge on any atom is 0.220 e. The van der Waals surface area contributed by atoms with E-state index in [4.69, 9.17) is 28.4 Å². The molecule has 0 spiro atoms. The van der Waals surface area contributed by atoms with Crippen LogP contribution < -0.4 is 5.32 Å². The van der Waals surface area contributed by atoms with Crippen molar-refractivity contribution >= 4 is 5.91 Å². The van der Waals surface area contributed by atoms with E-state index in [9.17, 15) is 61.0 Å². The lowest BCUT2D eigenvalue weighted by molar-refractivity contribution is -0.379. The number of aliphatic hydroxyl groups is 11. The van der Waals surface area contributed by atoms with E-state index in [1.165, 1.54) is 366 Å². The van der Waals surface area contributed by atoms with E-state index < -0.39 is 124 Å². The average Bonchev–Trinajstić information content (AvgIpc) is 0.780. The van der Waals surface area contributed by atoms with Crippen LogP contribution in [-0.4, -0.2) is 193 Å². The van der Waals surface area contributed by atoms with E-state index in [0.717, 1.165) is 44.9 Å². The fourth-order valence-electron chi connectivity index (χ4n) is 16.6. The third-order valence-corrected chi connectivity index (χ3v) is 24.1. The van der Waals surface area contributed by atoms with Crippen molar-refractivity contribution in [1.82, 2.24) is 5.32 Å². The number of carbonyl (C=O) groups is 1. The van der Waals surface area contributed by atoms with Crippen LogP contribution in [0.3, 0.4) is 0 Å². The van der Waals surface area contributed by atoms with Crippen molar-refractivity contribution in [1.29, 1.82) is 0 Å². The lowest BCUT2D eigenvalue weighted by atomic mass is 9.96. The topological polar surface area (TPSA) is 307 Å². The Morgan fingerprint density at radius 1 is 0.315 bits per heavy atom. The van der Waals surface area contributed by atoms with Gasteiger partial charge in [-0.2, -0.15) is 0 Å². The van der Waals surface area contributed by atoms with Crippen molar-refractivity contribution in [3.8, 4) is 0 Å². The Bertz CT molecular complexity index is 2040. The number of carbonyl (C=O) groups excluding carboxylic acids is 1. The van der Waals surface area contributed by atoms with Gasteiger partial charge in [-0.15, -0.1) is 0 Å². The van der Waals surface area contributed by atoms with E-state index in [1.807, 2.05) is 6.08 Å². The van der Waals surface area contributed by atoms with Crippen LogP contribution in [0.5, 0.6) is 0 Å². The molecule has 0 radical (unpaired) electrons. The van der Waals surface area contributed by atoms with Gasteiger partial charge in [0.25, 0.3) is 0 Å². The first kappa shape index (κ1) is 104. The van der Waals surface area contributed by atoms with E-state index >= 15 is 0 Å². The van der Waals surface area contributed by atoms with E-state index in [0.29, 0.717) is 6.42 Å². The summed E-state index contributed by atoms with van der Waals surface area (Å²) in [6, 6.07) is -0.972. The maximum absolute atomic E-state index is 13.5. The Hall–Kier alpha value is -1.47. The molecule has 1 amide bonds. The molecule has 658 valence electrons. The second-order valence-corrected chi connectivity index (χ2v) is 34.2. The average molecular weight is 1590 g/mol. The monoisotopic (exact) mass is 1580 g/mol. The molecular weight excluding hydrogens is 1410 g/mol. The lowest BCUT2D eigenvalue weighted by Crippen LogP contribution is -2.66. The van der Waals surface area contributed by atoms with Crippen LogP contribution in [0.4, 0.5) is 0 Å². The molecule has 0 bridgehead atoms. The molecule has 3 fully saturated rings. The zero-order valence-electron chi connectivity index (χ0n) is 71.2. The van der Waals surface area contributed by atoms with Crippen LogP contribution in [0, 0.1) is 0 Å². The number of amides is 1. The zero-order chi connectivity index (χ0) is 80.3. The molecule has 12 N–H and O–H groups in total. The molecule has 0 aromatic carbocycles. The van der Waals surface area contributed by atoms with Gasteiger partial charge in [0.05, 0.1) is 38.6 Å². The fourth-order valence-corrected chi connectivity index (χ4v) is 16.6. The SMILES string of the molecule is CCCCCCCCCCCCCCCCCCCCCCCCCCCCCCC/C=C/C(O)C(COC1OC(CO)C(OC2OC(CO)C(OC3OC(CO)C(O)C(O)C3O)C(O)C2O)C(O)C1O)NC(=O)CCCCCCCCCCCCCCCCCCCCCCCCCCCCCCCCCCCCC. The summed E-state index contributed by atoms with van der Waals surface area (Å²) in [7, 11) is 0. The fraction of sp³-hybridized carbons (Fsp3) is 0.967. The summed E-state index contributed by atoms with van der Waals surface area (Å²) >= 11 is 0. The molecule has 19 heteroatoms. The maximum atomic E-state index is 13.5. The third-order valence-electron chi connectivity index (χ3n) is 24.1. The summed E-state index contributed by atoms with van der Waals surface area (Å²) in [5.74, 6) is -0.264. The summed E-state index contributed by atoms with van der Waals surface area (Å²) in [6.45, 7) is 1.83. The Morgan fingerprint density at radius 3 is 0.847 bits per heavy atom. The quantitative estimate of drug-likeness (QED) is 0.0199. The highest BCUT2D eigenvalue weighted by molar-refractivity contribution is 5.76. The standard InChI is InChI=1S/C92H177NO18/c1-3-5-7-9-11-13-15-17-19-21-23-25-27-29-31-33-35-36-37-38-40-42-44-46-48-50-52-54-56-58-60-62-64-66-68-70-80(98)93-75(76(97)69-67-65-63-61-59-57-55-53-51-49-47-45-43-41-39-34-32-30-28-26-24-22-20-18-16-14-12-10-8-6-4-2)74-106-90-86(104)83(101)88(78(72-95)108-90)111-92-87(105)84(102)89(79(73-96)109-92)110-91-85(103)82(100)81(99)77(71-94)107-91/h67,69,75-79,81-92,94-97,99-105H,3-66,68,70-74H2,1-2H3,(H,93,98)/b69-67+. The largest absolute Gasteiger partial charge is 0.394 e. The minimum Gasteiger partial charge on any atom is -0.394 e. The number of allylic oxidation sites excluding steroid dienone is 1. The van der Waals surface area contributed by atoms with Gasteiger partial charge in [-0.25, -0.2) is 0 Å². The van der Waals surface area contributed by atoms with Crippen molar-refractivity contribution in [3.63, 3.8) is 0 Å². The molecule has 17 unspecified atom stereocenters. The van der Waals surface area contributed by atoms with Gasteiger partial charge in [0, 0.05) is 6.42 Å². The summed E-state index contributed by atoms with van der Waals surface area (Å²) in [5.41, 5.74) is 0. The van der Waals surface area contributed by atoms with Crippen LogP contribution >= 0.6 is 0 Å². The van der Waals surface area contributed by atoms with Crippen LogP contribution in [0.25, 0.3) is 0 Å². The number of ether oxygens (including phenoxy) is 6. The van der Waals surface area contributed by atoms with Crippen molar-refractivity contribution < 1.29 is 89.4 Å². The molecule has 111 heavy (non-hydrogen) atoms. The van der Waals surface area contributed by atoms with Gasteiger partial charge < -0.3 is 89.9 Å². The van der Waals surface area contributed by atoms with E-state index in [1.54, 1.807) is 6.08 Å². The number of hydrogen-bond acceptors (Lipinski definition) is 18.